The van der Waals surface area contributed by atoms with Gasteiger partial charge in [-0.2, -0.15) is 9.46 Å². The normalized spacial score (nSPS) is 31.5. The second-order valence-electron chi connectivity index (χ2n) is 14.6. The van der Waals surface area contributed by atoms with Crippen LogP contribution in [-0.2, 0) is 33.3 Å². The molecule has 51 heavy (non-hydrogen) atoms. The number of methoxy groups -OCH3 is 1. The fourth-order valence-electron chi connectivity index (χ4n) is 8.09. The SMILES string of the molecule is CO[C@H]1/C=C/C[C@H](C)[C@@H](C)S(=O)(C=NC(=O)c2cnn(C)c2)=NC(=O)c2ccc3c(n2)N(C[C@@H]2CC[C@H]21)C[C@@]1(CCCc2cc(Cl)ccc21)CO3. The zero-order chi connectivity index (χ0) is 35.9. The van der Waals surface area contributed by atoms with Crippen LogP contribution in [0.15, 0.2) is 64.2 Å². The molecule has 2 amide bonds. The summed E-state index contributed by atoms with van der Waals surface area (Å²) in [6.45, 7) is 5.58. The predicted octanol–water partition coefficient (Wildman–Crippen LogP) is 6.44. The molecule has 0 saturated heterocycles. The highest BCUT2D eigenvalue weighted by atomic mass is 35.5. The van der Waals surface area contributed by atoms with E-state index in [1.54, 1.807) is 33.2 Å². The topological polar surface area (TPSA) is 128 Å². The summed E-state index contributed by atoms with van der Waals surface area (Å²) in [7, 11) is -0.0480. The number of aryl methyl sites for hydroxylation is 2. The first-order valence-electron chi connectivity index (χ1n) is 17.7. The minimum absolute atomic E-state index is 0.0561. The van der Waals surface area contributed by atoms with E-state index in [1.807, 2.05) is 13.0 Å². The van der Waals surface area contributed by atoms with Crippen molar-refractivity contribution in [2.75, 3.05) is 31.7 Å². The van der Waals surface area contributed by atoms with Gasteiger partial charge in [0.2, 0.25) is 0 Å². The average Bonchev–Trinajstić information content (AvgIpc) is 3.49. The first-order chi connectivity index (χ1) is 24.5. The lowest BCUT2D eigenvalue weighted by Crippen LogP contribution is -2.49. The minimum atomic E-state index is -3.49. The Morgan fingerprint density at radius 2 is 2.06 bits per heavy atom. The van der Waals surface area contributed by atoms with Gasteiger partial charge in [-0.1, -0.05) is 36.7 Å². The quantitative estimate of drug-likeness (QED) is 0.171. The molecule has 1 aromatic carbocycles. The van der Waals surface area contributed by atoms with E-state index in [9.17, 15) is 13.8 Å². The minimum Gasteiger partial charge on any atom is -0.489 e. The number of allylic oxidation sites excluding steroid dienone is 1. The molecule has 1 fully saturated rings. The lowest BCUT2D eigenvalue weighted by Gasteiger charge is -2.45. The van der Waals surface area contributed by atoms with Crippen LogP contribution in [0.4, 0.5) is 5.82 Å². The van der Waals surface area contributed by atoms with E-state index >= 15 is 0 Å². The summed E-state index contributed by atoms with van der Waals surface area (Å²) < 4.78 is 33.1. The van der Waals surface area contributed by atoms with Gasteiger partial charge in [-0.3, -0.25) is 14.3 Å². The van der Waals surface area contributed by atoms with Gasteiger partial charge in [-0.15, -0.1) is 0 Å². The number of hydrogen-bond donors (Lipinski definition) is 0. The van der Waals surface area contributed by atoms with Gasteiger partial charge in [0.1, 0.15) is 11.2 Å². The number of aliphatic imine (C=N–C) groups is 1. The summed E-state index contributed by atoms with van der Waals surface area (Å²) in [6.07, 6.45) is 12.6. The van der Waals surface area contributed by atoms with Crippen molar-refractivity contribution in [1.29, 1.82) is 0 Å². The highest BCUT2D eigenvalue weighted by Crippen LogP contribution is 2.46. The van der Waals surface area contributed by atoms with E-state index in [0.717, 1.165) is 42.7 Å². The van der Waals surface area contributed by atoms with Crippen molar-refractivity contribution in [1.82, 2.24) is 14.8 Å². The zero-order valence-electron chi connectivity index (χ0n) is 29.5. The van der Waals surface area contributed by atoms with Crippen LogP contribution < -0.4 is 9.64 Å². The Morgan fingerprint density at radius 1 is 1.22 bits per heavy atom. The maximum atomic E-state index is 14.7. The van der Waals surface area contributed by atoms with E-state index in [0.29, 0.717) is 49.5 Å². The van der Waals surface area contributed by atoms with Gasteiger partial charge in [-0.05, 0) is 98.6 Å². The molecule has 0 radical (unpaired) electrons. The molecule has 0 N–H and O–H groups in total. The van der Waals surface area contributed by atoms with Crippen LogP contribution in [-0.4, -0.2) is 74.5 Å². The molecule has 11 nitrogen and oxygen atoms in total. The molecule has 4 aliphatic rings. The van der Waals surface area contributed by atoms with Gasteiger partial charge in [0.05, 0.1) is 34.2 Å². The number of amides is 2. The predicted molar refractivity (Wildman–Crippen MR) is 198 cm³/mol. The number of benzene rings is 1. The Morgan fingerprint density at radius 3 is 2.80 bits per heavy atom. The lowest BCUT2D eigenvalue weighted by molar-refractivity contribution is 0.0131. The number of ether oxygens (including phenoxy) is 2. The molecule has 1 saturated carbocycles. The second-order valence-corrected chi connectivity index (χ2v) is 17.4. The molecule has 2 aliphatic carbocycles. The van der Waals surface area contributed by atoms with Gasteiger partial charge in [0.15, 0.2) is 11.6 Å². The number of hydrogen-bond acceptors (Lipinski definition) is 8. The highest BCUT2D eigenvalue weighted by molar-refractivity contribution is 8.07. The highest BCUT2D eigenvalue weighted by Gasteiger charge is 2.45. The molecule has 270 valence electrons. The van der Waals surface area contributed by atoms with E-state index in [-0.39, 0.29) is 28.7 Å². The maximum Gasteiger partial charge on any atom is 0.304 e. The fourth-order valence-corrected chi connectivity index (χ4v) is 10.1. The lowest BCUT2D eigenvalue weighted by atomic mass is 9.68. The summed E-state index contributed by atoms with van der Waals surface area (Å²) >= 11 is 6.45. The van der Waals surface area contributed by atoms with Crippen LogP contribution in [0.5, 0.6) is 5.75 Å². The van der Waals surface area contributed by atoms with Crippen molar-refractivity contribution in [2.45, 2.75) is 69.1 Å². The average molecular weight is 733 g/mol. The summed E-state index contributed by atoms with van der Waals surface area (Å²) in [5, 5.41) is 4.14. The number of halogens is 1. The number of aromatic nitrogens is 3. The Bertz CT molecular complexity index is 2020. The smallest absolute Gasteiger partial charge is 0.304 e. The van der Waals surface area contributed by atoms with E-state index in [4.69, 9.17) is 26.1 Å². The number of fused-ring (bicyclic) bond motifs is 4. The number of pyridine rings is 1. The molecular formula is C38H45ClN6O5S. The molecule has 2 aliphatic heterocycles. The molecule has 2 aromatic heterocycles. The Labute approximate surface area is 304 Å². The summed E-state index contributed by atoms with van der Waals surface area (Å²) in [6, 6.07) is 9.54. The number of carbonyl (C=O) groups excluding carboxylic acids is 2. The molecular weight excluding hydrogens is 688 g/mol. The van der Waals surface area contributed by atoms with Crippen molar-refractivity contribution in [2.24, 2.45) is 34.2 Å². The van der Waals surface area contributed by atoms with Gasteiger partial charge < -0.3 is 14.4 Å². The van der Waals surface area contributed by atoms with Gasteiger partial charge in [0, 0.05) is 49.1 Å². The fraction of sp³-hybridized carbons (Fsp3) is 0.500. The first kappa shape index (κ1) is 35.5. The second kappa shape index (κ2) is 14.3. The number of carbonyl (C=O) groups is 2. The van der Waals surface area contributed by atoms with Gasteiger partial charge in [-0.25, -0.2) is 14.2 Å². The number of rotatable bonds is 3. The maximum absolute atomic E-state index is 14.7. The Hall–Kier alpha value is -3.87. The monoisotopic (exact) mass is 732 g/mol. The first-order valence-corrected chi connectivity index (χ1v) is 19.7. The van der Waals surface area contributed by atoms with E-state index < -0.39 is 26.8 Å². The van der Waals surface area contributed by atoms with Crippen LogP contribution in [0, 0.1) is 17.8 Å². The third kappa shape index (κ3) is 7.02. The van der Waals surface area contributed by atoms with E-state index in [2.05, 4.69) is 43.6 Å². The standard InChI is InChI=1S/C38H45ClN6O5S/c1-24-7-5-9-33(49-4)30-12-10-27(30)20-45-21-38(16-6-8-26-17-29(39)11-13-31(26)38)22-50-34-15-14-32(42-35(34)45)37(47)43-51(48,25(24)2)23-40-36(46)28-18-41-44(3)19-28/h5,9,11,13-15,17-19,23-25,27,30,33H,6-8,10,12,16,20-22H2,1-4H3/b9-5+,40-23?/t24-,25+,27-,30+,33-,38-,51?/m0/s1. The number of anilines is 1. The van der Waals surface area contributed by atoms with Crippen molar-refractivity contribution in [3.05, 3.63) is 82.3 Å². The van der Waals surface area contributed by atoms with Crippen molar-refractivity contribution in [3.8, 4) is 5.75 Å². The third-order valence-electron chi connectivity index (χ3n) is 11.4. The zero-order valence-corrected chi connectivity index (χ0v) is 31.1. The molecule has 4 heterocycles. The molecule has 7 rings (SSSR count). The van der Waals surface area contributed by atoms with Crippen molar-refractivity contribution >= 4 is 44.5 Å². The third-order valence-corrected chi connectivity index (χ3v) is 14.0. The number of nitrogens with zero attached hydrogens (tertiary/aromatic N) is 6. The molecule has 1 unspecified atom stereocenters. The van der Waals surface area contributed by atoms with Crippen LogP contribution in [0.2, 0.25) is 5.02 Å². The molecule has 13 heteroatoms. The van der Waals surface area contributed by atoms with Crippen LogP contribution in [0.1, 0.15) is 77.9 Å². The molecule has 7 atom stereocenters. The Kier molecular flexibility index (Phi) is 9.94. The van der Waals surface area contributed by atoms with Crippen LogP contribution >= 0.6 is 11.6 Å². The summed E-state index contributed by atoms with van der Waals surface area (Å²) in [5.74, 6) is 0.305. The van der Waals surface area contributed by atoms with Crippen LogP contribution in [0.3, 0.4) is 0 Å². The van der Waals surface area contributed by atoms with Crippen molar-refractivity contribution < 1.29 is 23.3 Å². The van der Waals surface area contributed by atoms with E-state index in [1.165, 1.54) is 28.2 Å². The van der Waals surface area contributed by atoms with Crippen LogP contribution in [0.25, 0.3) is 0 Å². The largest absolute Gasteiger partial charge is 0.489 e. The van der Waals surface area contributed by atoms with Crippen molar-refractivity contribution in [3.63, 3.8) is 0 Å². The van der Waals surface area contributed by atoms with Gasteiger partial charge >= 0.3 is 5.91 Å². The molecule has 2 bridgehead atoms. The molecule has 1 spiro atoms. The van der Waals surface area contributed by atoms with Gasteiger partial charge in [0.25, 0.3) is 5.91 Å². The molecule has 3 aromatic rings. The summed E-state index contributed by atoms with van der Waals surface area (Å²) in [5.41, 5.74) is 3.55. The summed E-state index contributed by atoms with van der Waals surface area (Å²) in [4.78, 5) is 38.2. The Balaban J connectivity index is 1.32.